The van der Waals surface area contributed by atoms with E-state index in [2.05, 4.69) is 10.6 Å². The number of benzene rings is 2. The molecule has 2 N–H and O–H groups in total. The molecule has 0 saturated heterocycles. The van der Waals surface area contributed by atoms with E-state index in [0.29, 0.717) is 5.69 Å². The topological polar surface area (TPSA) is 84.5 Å². The number of amides is 2. The minimum Gasteiger partial charge on any atom is -0.465 e. The summed E-state index contributed by atoms with van der Waals surface area (Å²) >= 11 is 0. The van der Waals surface area contributed by atoms with Crippen LogP contribution in [0.3, 0.4) is 0 Å². The number of para-hydroxylation sites is 1. The standard InChI is InChI=1S/C19H20N2O4/c1-13(22)20-17(14-8-4-3-5-9-14)12-18(23)21-16-11-7-6-10-15(16)19(24)25-2/h3-11,17H,12H2,1-2H3,(H,20,22)(H,21,23)/t17-/m0/s1. The third kappa shape index (κ3) is 5.17. The van der Waals surface area contributed by atoms with Crippen LogP contribution in [0.4, 0.5) is 5.69 Å². The van der Waals surface area contributed by atoms with E-state index in [1.807, 2.05) is 30.3 Å². The number of hydrogen-bond donors (Lipinski definition) is 2. The summed E-state index contributed by atoms with van der Waals surface area (Å²) in [5.74, 6) is -1.08. The first-order chi connectivity index (χ1) is 12.0. The summed E-state index contributed by atoms with van der Waals surface area (Å²) < 4.78 is 4.71. The highest BCUT2D eigenvalue weighted by Gasteiger charge is 2.19. The first-order valence-corrected chi connectivity index (χ1v) is 7.80. The molecule has 2 rings (SSSR count). The molecule has 0 spiro atoms. The Bertz CT molecular complexity index is 759. The molecule has 0 fully saturated rings. The monoisotopic (exact) mass is 340 g/mol. The van der Waals surface area contributed by atoms with Gasteiger partial charge in [-0.1, -0.05) is 42.5 Å². The van der Waals surface area contributed by atoms with Gasteiger partial charge < -0.3 is 15.4 Å². The van der Waals surface area contributed by atoms with Crippen LogP contribution in [-0.4, -0.2) is 24.9 Å². The lowest BCUT2D eigenvalue weighted by atomic mass is 10.0. The van der Waals surface area contributed by atoms with E-state index in [4.69, 9.17) is 4.74 Å². The molecule has 1 atom stereocenters. The van der Waals surface area contributed by atoms with E-state index in [9.17, 15) is 14.4 Å². The fourth-order valence-corrected chi connectivity index (χ4v) is 2.45. The lowest BCUT2D eigenvalue weighted by molar-refractivity contribution is -0.120. The smallest absolute Gasteiger partial charge is 0.339 e. The minimum absolute atomic E-state index is 0.0408. The molecule has 0 saturated carbocycles. The number of carbonyl (C=O) groups is 3. The first-order valence-electron chi connectivity index (χ1n) is 7.80. The van der Waals surface area contributed by atoms with Crippen molar-refractivity contribution in [3.8, 4) is 0 Å². The largest absolute Gasteiger partial charge is 0.465 e. The van der Waals surface area contributed by atoms with E-state index >= 15 is 0 Å². The maximum Gasteiger partial charge on any atom is 0.339 e. The molecule has 6 heteroatoms. The van der Waals surface area contributed by atoms with Crippen LogP contribution in [0.2, 0.25) is 0 Å². The number of hydrogen-bond acceptors (Lipinski definition) is 4. The number of carbonyl (C=O) groups excluding carboxylic acids is 3. The van der Waals surface area contributed by atoms with Gasteiger partial charge >= 0.3 is 5.97 Å². The highest BCUT2D eigenvalue weighted by Crippen LogP contribution is 2.20. The zero-order chi connectivity index (χ0) is 18.2. The molecule has 2 aromatic carbocycles. The van der Waals surface area contributed by atoms with Crippen molar-refractivity contribution in [3.05, 3.63) is 65.7 Å². The zero-order valence-corrected chi connectivity index (χ0v) is 14.1. The van der Waals surface area contributed by atoms with E-state index in [-0.39, 0.29) is 23.8 Å². The number of esters is 1. The van der Waals surface area contributed by atoms with Crippen molar-refractivity contribution in [1.29, 1.82) is 0 Å². The average molecular weight is 340 g/mol. The van der Waals surface area contributed by atoms with E-state index < -0.39 is 12.0 Å². The highest BCUT2D eigenvalue weighted by atomic mass is 16.5. The van der Waals surface area contributed by atoms with Gasteiger partial charge in [0.05, 0.1) is 30.8 Å². The highest BCUT2D eigenvalue weighted by molar-refractivity contribution is 6.01. The van der Waals surface area contributed by atoms with Crippen molar-refractivity contribution in [2.24, 2.45) is 0 Å². The molecular weight excluding hydrogens is 320 g/mol. The van der Waals surface area contributed by atoms with Crippen LogP contribution in [0.5, 0.6) is 0 Å². The van der Waals surface area contributed by atoms with Gasteiger partial charge in [-0.25, -0.2) is 4.79 Å². The Labute approximate surface area is 146 Å². The van der Waals surface area contributed by atoms with Crippen molar-refractivity contribution in [1.82, 2.24) is 5.32 Å². The van der Waals surface area contributed by atoms with Crippen LogP contribution in [-0.2, 0) is 14.3 Å². The molecular formula is C19H20N2O4. The Morgan fingerprint density at radius 1 is 1.00 bits per heavy atom. The summed E-state index contributed by atoms with van der Waals surface area (Å²) in [4.78, 5) is 35.6. The van der Waals surface area contributed by atoms with Crippen LogP contribution < -0.4 is 10.6 Å². The fraction of sp³-hybridized carbons (Fsp3) is 0.211. The van der Waals surface area contributed by atoms with Gasteiger partial charge in [0.1, 0.15) is 0 Å². The van der Waals surface area contributed by atoms with Crippen LogP contribution >= 0.6 is 0 Å². The summed E-state index contributed by atoms with van der Waals surface area (Å²) in [7, 11) is 1.28. The van der Waals surface area contributed by atoms with Gasteiger partial charge in [-0.15, -0.1) is 0 Å². The number of nitrogens with one attached hydrogen (secondary N) is 2. The molecule has 2 aromatic rings. The van der Waals surface area contributed by atoms with Gasteiger partial charge in [0, 0.05) is 6.92 Å². The maximum absolute atomic E-state index is 12.4. The Balaban J connectivity index is 2.14. The summed E-state index contributed by atoms with van der Waals surface area (Å²) in [5, 5.41) is 5.48. The third-order valence-corrected chi connectivity index (χ3v) is 3.58. The van der Waals surface area contributed by atoms with Crippen LogP contribution in [0.15, 0.2) is 54.6 Å². The second-order valence-corrected chi connectivity index (χ2v) is 5.45. The Kier molecular flexibility index (Phi) is 6.28. The number of anilines is 1. The van der Waals surface area contributed by atoms with Crippen molar-refractivity contribution in [2.75, 3.05) is 12.4 Å². The van der Waals surface area contributed by atoms with E-state index in [0.717, 1.165) is 5.56 Å². The van der Waals surface area contributed by atoms with Gasteiger partial charge in [0.25, 0.3) is 0 Å². The van der Waals surface area contributed by atoms with Gasteiger partial charge in [0.15, 0.2) is 0 Å². The van der Waals surface area contributed by atoms with Gasteiger partial charge in [-0.05, 0) is 17.7 Å². The zero-order valence-electron chi connectivity index (χ0n) is 14.1. The SMILES string of the molecule is COC(=O)c1ccccc1NC(=O)C[C@H](NC(C)=O)c1ccccc1. The molecule has 2 amide bonds. The van der Waals surface area contributed by atoms with Gasteiger partial charge in [-0.2, -0.15) is 0 Å². The maximum atomic E-state index is 12.4. The Morgan fingerprint density at radius 3 is 2.28 bits per heavy atom. The van der Waals surface area contributed by atoms with Crippen molar-refractivity contribution in [2.45, 2.75) is 19.4 Å². The Morgan fingerprint density at radius 2 is 1.64 bits per heavy atom. The molecule has 25 heavy (non-hydrogen) atoms. The molecule has 0 aromatic heterocycles. The van der Waals surface area contributed by atoms with Gasteiger partial charge in [-0.3, -0.25) is 9.59 Å². The first kappa shape index (κ1) is 18.2. The number of methoxy groups -OCH3 is 1. The summed E-state index contributed by atoms with van der Waals surface area (Å²) in [5.41, 5.74) is 1.47. The second kappa shape index (κ2) is 8.63. The summed E-state index contributed by atoms with van der Waals surface area (Å²) in [6.07, 6.45) is 0.0408. The Hall–Kier alpha value is -3.15. The van der Waals surface area contributed by atoms with Crippen molar-refractivity contribution < 1.29 is 19.1 Å². The molecule has 0 heterocycles. The summed E-state index contributed by atoms with van der Waals surface area (Å²) in [6, 6.07) is 15.4. The average Bonchev–Trinajstić information content (AvgIpc) is 2.61. The molecule has 0 bridgehead atoms. The van der Waals surface area contributed by atoms with Crippen LogP contribution in [0, 0.1) is 0 Å². The number of ether oxygens (including phenoxy) is 1. The molecule has 0 aliphatic heterocycles. The van der Waals surface area contributed by atoms with Crippen LogP contribution in [0.1, 0.15) is 35.3 Å². The molecule has 0 aliphatic carbocycles. The van der Waals surface area contributed by atoms with Gasteiger partial charge in [0.2, 0.25) is 11.8 Å². The number of rotatable bonds is 6. The molecule has 6 nitrogen and oxygen atoms in total. The van der Waals surface area contributed by atoms with Crippen molar-refractivity contribution in [3.63, 3.8) is 0 Å². The minimum atomic E-state index is -0.530. The lowest BCUT2D eigenvalue weighted by Crippen LogP contribution is -2.30. The van der Waals surface area contributed by atoms with E-state index in [1.54, 1.807) is 24.3 Å². The predicted molar refractivity (Wildman–Crippen MR) is 94.0 cm³/mol. The second-order valence-electron chi connectivity index (χ2n) is 5.45. The summed E-state index contributed by atoms with van der Waals surface area (Å²) in [6.45, 7) is 1.40. The van der Waals surface area contributed by atoms with E-state index in [1.165, 1.54) is 14.0 Å². The van der Waals surface area contributed by atoms with Crippen molar-refractivity contribution >= 4 is 23.5 Å². The molecule has 0 radical (unpaired) electrons. The fourth-order valence-electron chi connectivity index (χ4n) is 2.45. The quantitative estimate of drug-likeness (QED) is 0.792. The third-order valence-electron chi connectivity index (χ3n) is 3.58. The predicted octanol–water partition coefficient (Wildman–Crippen LogP) is 2.68. The van der Waals surface area contributed by atoms with Crippen LogP contribution in [0.25, 0.3) is 0 Å². The molecule has 0 unspecified atom stereocenters. The lowest BCUT2D eigenvalue weighted by Gasteiger charge is -2.18. The molecule has 130 valence electrons. The molecule has 0 aliphatic rings. The normalized spacial score (nSPS) is 11.3.